The number of hydrogen-bond acceptors (Lipinski definition) is 5. The fourth-order valence-corrected chi connectivity index (χ4v) is 1.72. The van der Waals surface area contributed by atoms with Gasteiger partial charge in [0, 0.05) is 32.9 Å². The van der Waals surface area contributed by atoms with Gasteiger partial charge in [-0.2, -0.15) is 0 Å². The molecule has 0 aromatic heterocycles. The number of anilines is 1. The predicted molar refractivity (Wildman–Crippen MR) is 70.3 cm³/mol. The lowest BCUT2D eigenvalue weighted by Crippen LogP contribution is -2.20. The highest BCUT2D eigenvalue weighted by Crippen LogP contribution is 2.22. The van der Waals surface area contributed by atoms with Gasteiger partial charge in [0.05, 0.1) is 4.92 Å². The van der Waals surface area contributed by atoms with Crippen LogP contribution in [0.4, 0.5) is 11.4 Å². The van der Waals surface area contributed by atoms with E-state index in [0.29, 0.717) is 13.2 Å². The van der Waals surface area contributed by atoms with E-state index in [1.165, 1.54) is 6.07 Å². The quantitative estimate of drug-likeness (QED) is 0.346. The van der Waals surface area contributed by atoms with Gasteiger partial charge in [-0.3, -0.25) is 10.1 Å². The van der Waals surface area contributed by atoms with Crippen LogP contribution in [0.3, 0.4) is 0 Å². The molecule has 2 N–H and O–H groups in total. The van der Waals surface area contributed by atoms with E-state index in [-0.39, 0.29) is 11.4 Å². The Kier molecular flexibility index (Phi) is 5.54. The summed E-state index contributed by atoms with van der Waals surface area (Å²) in [5.41, 5.74) is 6.60. The lowest BCUT2D eigenvalue weighted by molar-refractivity contribution is -0.384. The Bertz CT molecular complexity index is 410. The molecule has 1 aromatic rings. The topological polar surface area (TPSA) is 81.6 Å². The van der Waals surface area contributed by atoms with Gasteiger partial charge in [0.15, 0.2) is 0 Å². The van der Waals surface area contributed by atoms with Crippen LogP contribution in [0.1, 0.15) is 12.0 Å². The number of benzene rings is 1. The summed E-state index contributed by atoms with van der Waals surface area (Å²) < 4.78 is 4.98. The molecule has 0 aliphatic heterocycles. The van der Waals surface area contributed by atoms with E-state index in [9.17, 15) is 10.1 Å². The monoisotopic (exact) mass is 253 g/mol. The van der Waals surface area contributed by atoms with Gasteiger partial charge in [0.1, 0.15) is 5.69 Å². The first kappa shape index (κ1) is 14.4. The Morgan fingerprint density at radius 1 is 1.50 bits per heavy atom. The molecular formula is C12H19N3O3. The number of nitro groups is 1. The number of hydrogen-bond donors (Lipinski definition) is 1. The molecule has 6 heteroatoms. The van der Waals surface area contributed by atoms with E-state index in [0.717, 1.165) is 18.5 Å². The van der Waals surface area contributed by atoms with Gasteiger partial charge in [-0.15, -0.1) is 0 Å². The van der Waals surface area contributed by atoms with Crippen molar-refractivity contribution in [3.8, 4) is 0 Å². The van der Waals surface area contributed by atoms with Gasteiger partial charge in [-0.1, -0.05) is 6.07 Å². The van der Waals surface area contributed by atoms with Gasteiger partial charge < -0.3 is 15.4 Å². The number of nitrogens with zero attached hydrogens (tertiary/aromatic N) is 2. The van der Waals surface area contributed by atoms with Crippen molar-refractivity contribution in [2.45, 2.75) is 13.0 Å². The van der Waals surface area contributed by atoms with Crippen molar-refractivity contribution in [1.82, 2.24) is 4.90 Å². The zero-order valence-electron chi connectivity index (χ0n) is 10.8. The standard InChI is InChI=1S/C12H19N3O3/c1-14(6-3-7-18-2)9-10-4-5-11(13)12(8-10)15(16)17/h4-5,8H,3,6-7,9,13H2,1-2H3. The van der Waals surface area contributed by atoms with E-state index >= 15 is 0 Å². The largest absolute Gasteiger partial charge is 0.393 e. The van der Waals surface area contributed by atoms with Gasteiger partial charge in [-0.05, 0) is 25.1 Å². The van der Waals surface area contributed by atoms with E-state index < -0.39 is 4.92 Å². The lowest BCUT2D eigenvalue weighted by Gasteiger charge is -2.16. The van der Waals surface area contributed by atoms with Crippen LogP contribution in [0.15, 0.2) is 18.2 Å². The number of nitrogen functional groups attached to an aromatic ring is 1. The number of nitrogens with two attached hydrogens (primary N) is 1. The van der Waals surface area contributed by atoms with E-state index in [2.05, 4.69) is 4.90 Å². The Morgan fingerprint density at radius 3 is 2.83 bits per heavy atom. The third-order valence-electron chi connectivity index (χ3n) is 2.63. The minimum atomic E-state index is -0.455. The molecule has 1 aromatic carbocycles. The summed E-state index contributed by atoms with van der Waals surface area (Å²) in [6, 6.07) is 4.92. The van der Waals surface area contributed by atoms with Crippen LogP contribution in [0.5, 0.6) is 0 Å². The highest BCUT2D eigenvalue weighted by molar-refractivity contribution is 5.59. The first-order chi connectivity index (χ1) is 8.54. The summed E-state index contributed by atoms with van der Waals surface area (Å²) in [4.78, 5) is 12.4. The number of rotatable bonds is 7. The van der Waals surface area contributed by atoms with Crippen LogP contribution >= 0.6 is 0 Å². The summed E-state index contributed by atoms with van der Waals surface area (Å²) in [6.07, 6.45) is 0.935. The summed E-state index contributed by atoms with van der Waals surface area (Å²) in [5, 5.41) is 10.8. The predicted octanol–water partition coefficient (Wildman–Crippen LogP) is 1.65. The molecule has 0 bridgehead atoms. The van der Waals surface area contributed by atoms with E-state index in [4.69, 9.17) is 10.5 Å². The van der Waals surface area contributed by atoms with Crippen molar-refractivity contribution in [2.24, 2.45) is 0 Å². The Balaban J connectivity index is 2.62. The van der Waals surface area contributed by atoms with E-state index in [1.54, 1.807) is 13.2 Å². The molecule has 1 rings (SSSR count). The van der Waals surface area contributed by atoms with Crippen LogP contribution in [0.25, 0.3) is 0 Å². The maximum atomic E-state index is 10.8. The van der Waals surface area contributed by atoms with Gasteiger partial charge >= 0.3 is 0 Å². The average Bonchev–Trinajstić information content (AvgIpc) is 2.31. The van der Waals surface area contributed by atoms with Crippen LogP contribution in [-0.4, -0.2) is 37.1 Å². The molecule has 18 heavy (non-hydrogen) atoms. The zero-order chi connectivity index (χ0) is 13.5. The second kappa shape index (κ2) is 6.93. The first-order valence-corrected chi connectivity index (χ1v) is 5.75. The lowest BCUT2D eigenvalue weighted by atomic mass is 10.1. The molecule has 0 saturated heterocycles. The fourth-order valence-electron chi connectivity index (χ4n) is 1.72. The first-order valence-electron chi connectivity index (χ1n) is 5.75. The zero-order valence-corrected chi connectivity index (χ0v) is 10.8. The minimum Gasteiger partial charge on any atom is -0.393 e. The molecule has 0 aliphatic carbocycles. The van der Waals surface area contributed by atoms with Crippen molar-refractivity contribution in [3.05, 3.63) is 33.9 Å². The second-order valence-corrected chi connectivity index (χ2v) is 4.23. The molecule has 0 radical (unpaired) electrons. The summed E-state index contributed by atoms with van der Waals surface area (Å²) >= 11 is 0. The fraction of sp³-hybridized carbons (Fsp3) is 0.500. The molecule has 6 nitrogen and oxygen atoms in total. The molecule has 0 heterocycles. The van der Waals surface area contributed by atoms with Crippen molar-refractivity contribution in [1.29, 1.82) is 0 Å². The second-order valence-electron chi connectivity index (χ2n) is 4.23. The normalized spacial score (nSPS) is 10.8. The van der Waals surface area contributed by atoms with Gasteiger partial charge in [0.25, 0.3) is 5.69 Å². The molecule has 0 spiro atoms. The molecule has 0 atom stereocenters. The van der Waals surface area contributed by atoms with Gasteiger partial charge in [0.2, 0.25) is 0 Å². The minimum absolute atomic E-state index is 0.0298. The van der Waals surface area contributed by atoms with Crippen molar-refractivity contribution >= 4 is 11.4 Å². The van der Waals surface area contributed by atoms with E-state index in [1.807, 2.05) is 13.1 Å². The highest BCUT2D eigenvalue weighted by atomic mass is 16.6. The van der Waals surface area contributed by atoms with Gasteiger partial charge in [-0.25, -0.2) is 0 Å². The SMILES string of the molecule is COCCCN(C)Cc1ccc(N)c([N+](=O)[O-])c1. The van der Waals surface area contributed by atoms with Crippen molar-refractivity contribution in [2.75, 3.05) is 33.0 Å². The third kappa shape index (κ3) is 4.31. The molecular weight excluding hydrogens is 234 g/mol. The van der Waals surface area contributed by atoms with Crippen LogP contribution in [0, 0.1) is 10.1 Å². The Morgan fingerprint density at radius 2 is 2.22 bits per heavy atom. The summed E-state index contributed by atoms with van der Waals surface area (Å²) in [7, 11) is 3.64. The molecule has 0 amide bonds. The summed E-state index contributed by atoms with van der Waals surface area (Å²) in [6.45, 7) is 2.25. The Hall–Kier alpha value is -1.66. The maximum Gasteiger partial charge on any atom is 0.292 e. The van der Waals surface area contributed by atoms with Crippen LogP contribution in [-0.2, 0) is 11.3 Å². The average molecular weight is 253 g/mol. The molecule has 0 unspecified atom stereocenters. The number of ether oxygens (including phenoxy) is 1. The summed E-state index contributed by atoms with van der Waals surface area (Å²) in [5.74, 6) is 0. The van der Waals surface area contributed by atoms with Crippen LogP contribution < -0.4 is 5.73 Å². The number of nitro benzene ring substituents is 1. The van der Waals surface area contributed by atoms with Crippen molar-refractivity contribution < 1.29 is 9.66 Å². The Labute approximate surface area is 106 Å². The van der Waals surface area contributed by atoms with Crippen molar-refractivity contribution in [3.63, 3.8) is 0 Å². The number of methoxy groups -OCH3 is 1. The molecule has 0 aliphatic rings. The highest BCUT2D eigenvalue weighted by Gasteiger charge is 2.12. The molecule has 0 fully saturated rings. The van der Waals surface area contributed by atoms with Crippen LogP contribution in [0.2, 0.25) is 0 Å². The third-order valence-corrected chi connectivity index (χ3v) is 2.63. The smallest absolute Gasteiger partial charge is 0.292 e. The molecule has 100 valence electrons. The molecule has 0 saturated carbocycles. The maximum absolute atomic E-state index is 10.8.